The zero-order valence-corrected chi connectivity index (χ0v) is 10.2. The summed E-state index contributed by atoms with van der Waals surface area (Å²) in [6.07, 6.45) is 1.32. The third-order valence-electron chi connectivity index (χ3n) is 2.73. The largest absolute Gasteiger partial charge is 0.465 e. The summed E-state index contributed by atoms with van der Waals surface area (Å²) in [5, 5.41) is 0.445. The molecular weight excluding hydrogens is 242 g/mol. The van der Waals surface area contributed by atoms with Crippen LogP contribution in [0.1, 0.15) is 23.2 Å². The molecular formula is C12H12ClNO3. The summed E-state index contributed by atoms with van der Waals surface area (Å²) in [6.45, 7) is 0.629. The lowest BCUT2D eigenvalue weighted by atomic mass is 10.1. The van der Waals surface area contributed by atoms with Crippen molar-refractivity contribution < 1.29 is 14.3 Å². The van der Waals surface area contributed by atoms with Gasteiger partial charge in [0.25, 0.3) is 0 Å². The molecule has 0 radical (unpaired) electrons. The van der Waals surface area contributed by atoms with Crippen molar-refractivity contribution in [1.82, 2.24) is 0 Å². The molecule has 1 aliphatic rings. The van der Waals surface area contributed by atoms with E-state index in [1.165, 1.54) is 13.2 Å². The van der Waals surface area contributed by atoms with Gasteiger partial charge in [-0.3, -0.25) is 4.79 Å². The first-order valence-corrected chi connectivity index (χ1v) is 5.69. The average molecular weight is 254 g/mol. The van der Waals surface area contributed by atoms with Gasteiger partial charge in [-0.1, -0.05) is 11.6 Å². The van der Waals surface area contributed by atoms with Crippen LogP contribution in [-0.2, 0) is 9.53 Å². The molecule has 0 unspecified atom stereocenters. The number of amides is 1. The Kier molecular flexibility index (Phi) is 3.33. The van der Waals surface area contributed by atoms with Gasteiger partial charge in [0.05, 0.1) is 18.4 Å². The molecule has 0 aromatic heterocycles. The van der Waals surface area contributed by atoms with Gasteiger partial charge in [0.1, 0.15) is 0 Å². The number of halogens is 1. The molecule has 1 aromatic rings. The molecule has 1 saturated heterocycles. The molecule has 2 rings (SSSR count). The van der Waals surface area contributed by atoms with E-state index in [-0.39, 0.29) is 5.91 Å². The second-order valence-electron chi connectivity index (χ2n) is 3.80. The number of hydrogen-bond acceptors (Lipinski definition) is 3. The number of hydrogen-bond donors (Lipinski definition) is 0. The highest BCUT2D eigenvalue weighted by atomic mass is 35.5. The molecule has 0 bridgehead atoms. The van der Waals surface area contributed by atoms with Gasteiger partial charge in [0.2, 0.25) is 5.91 Å². The maximum Gasteiger partial charge on any atom is 0.340 e. The predicted molar refractivity (Wildman–Crippen MR) is 64.4 cm³/mol. The van der Waals surface area contributed by atoms with Gasteiger partial charge in [0, 0.05) is 18.0 Å². The SMILES string of the molecule is COC(=O)c1cc(Cl)ccc1N1CCCC1=O. The number of esters is 1. The summed E-state index contributed by atoms with van der Waals surface area (Å²) < 4.78 is 4.69. The molecule has 0 N–H and O–H groups in total. The standard InChI is InChI=1S/C12H12ClNO3/c1-17-12(16)9-7-8(13)4-5-10(9)14-6-2-3-11(14)15/h4-5,7H,2-3,6H2,1H3. The monoisotopic (exact) mass is 253 g/mol. The van der Waals surface area contributed by atoms with E-state index >= 15 is 0 Å². The summed E-state index contributed by atoms with van der Waals surface area (Å²) >= 11 is 5.85. The molecule has 1 aliphatic heterocycles. The van der Waals surface area contributed by atoms with Crippen LogP contribution in [0.3, 0.4) is 0 Å². The first-order chi connectivity index (χ1) is 8.13. The second-order valence-corrected chi connectivity index (χ2v) is 4.24. The Morgan fingerprint density at radius 2 is 2.24 bits per heavy atom. The molecule has 90 valence electrons. The number of methoxy groups -OCH3 is 1. The fourth-order valence-corrected chi connectivity index (χ4v) is 2.09. The number of benzene rings is 1. The van der Waals surface area contributed by atoms with Crippen LogP contribution in [0.4, 0.5) is 5.69 Å². The van der Waals surface area contributed by atoms with Crippen LogP contribution in [0.25, 0.3) is 0 Å². The van der Waals surface area contributed by atoms with E-state index in [1.54, 1.807) is 17.0 Å². The Morgan fingerprint density at radius 1 is 1.47 bits per heavy atom. The molecule has 1 heterocycles. The summed E-state index contributed by atoms with van der Waals surface area (Å²) in [4.78, 5) is 24.9. The van der Waals surface area contributed by atoms with E-state index in [2.05, 4.69) is 0 Å². The van der Waals surface area contributed by atoms with Gasteiger partial charge < -0.3 is 9.64 Å². The Balaban J connectivity index is 2.45. The van der Waals surface area contributed by atoms with Gasteiger partial charge in [-0.2, -0.15) is 0 Å². The lowest BCUT2D eigenvalue weighted by Gasteiger charge is -2.18. The topological polar surface area (TPSA) is 46.6 Å². The molecule has 1 aromatic carbocycles. The van der Waals surface area contributed by atoms with E-state index in [9.17, 15) is 9.59 Å². The van der Waals surface area contributed by atoms with Crippen molar-refractivity contribution in [2.75, 3.05) is 18.6 Å². The minimum Gasteiger partial charge on any atom is -0.465 e. The average Bonchev–Trinajstić information content (AvgIpc) is 2.74. The van der Waals surface area contributed by atoms with Crippen molar-refractivity contribution in [1.29, 1.82) is 0 Å². The number of rotatable bonds is 2. The van der Waals surface area contributed by atoms with Gasteiger partial charge >= 0.3 is 5.97 Å². The highest BCUT2D eigenvalue weighted by Gasteiger charge is 2.26. The fourth-order valence-electron chi connectivity index (χ4n) is 1.92. The minimum absolute atomic E-state index is 0.0254. The second kappa shape index (κ2) is 4.75. The Morgan fingerprint density at radius 3 is 2.82 bits per heavy atom. The van der Waals surface area contributed by atoms with E-state index in [4.69, 9.17) is 16.3 Å². The number of ether oxygens (including phenoxy) is 1. The third-order valence-corrected chi connectivity index (χ3v) is 2.96. The van der Waals surface area contributed by atoms with Gasteiger partial charge in [-0.25, -0.2) is 4.79 Å². The maximum atomic E-state index is 11.7. The summed E-state index contributed by atoms with van der Waals surface area (Å²) in [6, 6.07) is 4.86. The van der Waals surface area contributed by atoms with Gasteiger partial charge in [0.15, 0.2) is 0 Å². The molecule has 0 atom stereocenters. The van der Waals surface area contributed by atoms with Crippen LogP contribution in [-0.4, -0.2) is 25.5 Å². The first kappa shape index (κ1) is 11.9. The Hall–Kier alpha value is -1.55. The van der Waals surface area contributed by atoms with Crippen molar-refractivity contribution in [2.45, 2.75) is 12.8 Å². The fraction of sp³-hybridized carbons (Fsp3) is 0.333. The predicted octanol–water partition coefficient (Wildman–Crippen LogP) is 2.25. The van der Waals surface area contributed by atoms with E-state index in [1.807, 2.05) is 0 Å². The molecule has 1 fully saturated rings. The highest BCUT2D eigenvalue weighted by Crippen LogP contribution is 2.28. The van der Waals surface area contributed by atoms with Crippen molar-refractivity contribution in [3.63, 3.8) is 0 Å². The van der Waals surface area contributed by atoms with Crippen LogP contribution >= 0.6 is 11.6 Å². The lowest BCUT2D eigenvalue weighted by Crippen LogP contribution is -2.26. The van der Waals surface area contributed by atoms with Crippen LogP contribution in [0.2, 0.25) is 5.02 Å². The highest BCUT2D eigenvalue weighted by molar-refractivity contribution is 6.31. The Bertz CT molecular complexity index is 473. The minimum atomic E-state index is -0.484. The zero-order chi connectivity index (χ0) is 12.4. The summed E-state index contributed by atoms with van der Waals surface area (Å²) in [5.41, 5.74) is 0.902. The lowest BCUT2D eigenvalue weighted by molar-refractivity contribution is -0.117. The van der Waals surface area contributed by atoms with Crippen LogP contribution in [0, 0.1) is 0 Å². The van der Waals surface area contributed by atoms with E-state index < -0.39 is 5.97 Å². The quantitative estimate of drug-likeness (QED) is 0.760. The number of nitrogens with zero attached hydrogens (tertiary/aromatic N) is 1. The van der Waals surface area contributed by atoms with Crippen LogP contribution in [0.15, 0.2) is 18.2 Å². The molecule has 17 heavy (non-hydrogen) atoms. The van der Waals surface area contributed by atoms with Crippen molar-refractivity contribution in [2.24, 2.45) is 0 Å². The molecule has 0 saturated carbocycles. The molecule has 5 heteroatoms. The van der Waals surface area contributed by atoms with E-state index in [0.29, 0.717) is 29.2 Å². The maximum absolute atomic E-state index is 11.7. The summed E-state index contributed by atoms with van der Waals surface area (Å²) in [7, 11) is 1.30. The van der Waals surface area contributed by atoms with Crippen molar-refractivity contribution in [3.05, 3.63) is 28.8 Å². The normalized spacial score (nSPS) is 15.2. The number of anilines is 1. The first-order valence-electron chi connectivity index (χ1n) is 5.31. The molecule has 4 nitrogen and oxygen atoms in total. The Labute approximate surface area is 104 Å². The number of carbonyl (C=O) groups is 2. The molecule has 0 spiro atoms. The smallest absolute Gasteiger partial charge is 0.340 e. The molecule has 0 aliphatic carbocycles. The number of carbonyl (C=O) groups excluding carboxylic acids is 2. The third kappa shape index (κ3) is 2.26. The molecule has 1 amide bonds. The van der Waals surface area contributed by atoms with Gasteiger partial charge in [-0.05, 0) is 24.6 Å². The zero-order valence-electron chi connectivity index (χ0n) is 9.40. The van der Waals surface area contributed by atoms with E-state index in [0.717, 1.165) is 6.42 Å². The van der Waals surface area contributed by atoms with Crippen molar-refractivity contribution in [3.8, 4) is 0 Å². The van der Waals surface area contributed by atoms with Crippen LogP contribution in [0.5, 0.6) is 0 Å². The van der Waals surface area contributed by atoms with Crippen LogP contribution < -0.4 is 4.90 Å². The van der Waals surface area contributed by atoms with Gasteiger partial charge in [-0.15, -0.1) is 0 Å². The summed E-state index contributed by atoms with van der Waals surface area (Å²) in [5.74, 6) is -0.459. The van der Waals surface area contributed by atoms with Crippen molar-refractivity contribution >= 4 is 29.2 Å².